The monoisotopic (exact) mass is 349 g/mol. The third-order valence-corrected chi connectivity index (χ3v) is 6.56. The van der Waals surface area contributed by atoms with Gasteiger partial charge in [-0.15, -0.1) is 5.10 Å². The van der Waals surface area contributed by atoms with Gasteiger partial charge in [-0.05, 0) is 35.2 Å². The molecule has 2 aliphatic heterocycles. The third-order valence-electron chi connectivity index (χ3n) is 3.81. The van der Waals surface area contributed by atoms with Crippen LogP contribution in [0.5, 0.6) is 0 Å². The Morgan fingerprint density at radius 2 is 2.05 bits per heavy atom. The molecule has 1 N–H and O–H groups in total. The minimum Gasteiger partial charge on any atom is -0.310 e. The lowest BCUT2D eigenvalue weighted by molar-refractivity contribution is 0.379. The van der Waals surface area contributed by atoms with Crippen molar-refractivity contribution in [1.29, 1.82) is 0 Å². The maximum atomic E-state index is 12.7. The first-order chi connectivity index (χ1) is 8.98. The summed E-state index contributed by atoms with van der Waals surface area (Å²) in [5.41, 5.74) is 0. The second kappa shape index (κ2) is 4.80. The fourth-order valence-corrected chi connectivity index (χ4v) is 5.38. The fourth-order valence-electron chi connectivity index (χ4n) is 2.85. The summed E-state index contributed by atoms with van der Waals surface area (Å²) in [4.78, 5) is 0. The highest BCUT2D eigenvalue weighted by molar-refractivity contribution is 9.10. The van der Waals surface area contributed by atoms with Crippen molar-refractivity contribution in [3.63, 3.8) is 0 Å². The standard InChI is InChI=1S/C10H16BrN5O2S/c1-15-10(9(11)13-14-15)19(17,18)16-5-4-7-2-3-8(6-16)12-7/h7-8,12H,2-6H2,1H3. The molecular formula is C10H16BrN5O2S. The van der Waals surface area contributed by atoms with E-state index < -0.39 is 10.0 Å². The number of hydrogen-bond donors (Lipinski definition) is 1. The van der Waals surface area contributed by atoms with Crippen LogP contribution in [0.3, 0.4) is 0 Å². The Bertz CT molecular complexity index is 567. The van der Waals surface area contributed by atoms with Crippen molar-refractivity contribution in [3.8, 4) is 0 Å². The number of aromatic nitrogens is 3. The Hall–Kier alpha value is -0.510. The van der Waals surface area contributed by atoms with E-state index in [9.17, 15) is 8.42 Å². The van der Waals surface area contributed by atoms with Gasteiger partial charge in [-0.1, -0.05) is 5.21 Å². The van der Waals surface area contributed by atoms with E-state index in [0.717, 1.165) is 19.3 Å². The molecule has 2 saturated heterocycles. The highest BCUT2D eigenvalue weighted by Gasteiger charge is 2.37. The number of hydrogen-bond acceptors (Lipinski definition) is 5. The third kappa shape index (κ3) is 2.32. The highest BCUT2D eigenvalue weighted by atomic mass is 79.9. The molecule has 3 rings (SSSR count). The Labute approximate surface area is 120 Å². The molecule has 1 aromatic rings. The van der Waals surface area contributed by atoms with Crippen molar-refractivity contribution in [2.75, 3.05) is 13.1 Å². The van der Waals surface area contributed by atoms with Crippen LogP contribution in [0.15, 0.2) is 9.63 Å². The van der Waals surface area contributed by atoms with E-state index in [1.165, 1.54) is 4.68 Å². The van der Waals surface area contributed by atoms with E-state index >= 15 is 0 Å². The van der Waals surface area contributed by atoms with Gasteiger partial charge < -0.3 is 5.32 Å². The van der Waals surface area contributed by atoms with Crippen LogP contribution in [0.25, 0.3) is 0 Å². The zero-order chi connectivity index (χ0) is 13.6. The van der Waals surface area contributed by atoms with Gasteiger partial charge >= 0.3 is 0 Å². The molecule has 7 nitrogen and oxygen atoms in total. The molecule has 9 heteroatoms. The van der Waals surface area contributed by atoms with Gasteiger partial charge in [0.15, 0.2) is 4.60 Å². The molecule has 2 fully saturated rings. The summed E-state index contributed by atoms with van der Waals surface area (Å²) in [6, 6.07) is 0.723. The molecular weight excluding hydrogens is 334 g/mol. The zero-order valence-corrected chi connectivity index (χ0v) is 13.0. The molecule has 0 spiro atoms. The lowest BCUT2D eigenvalue weighted by Gasteiger charge is -2.23. The molecule has 2 bridgehead atoms. The van der Waals surface area contributed by atoms with Gasteiger partial charge in [0, 0.05) is 32.2 Å². The summed E-state index contributed by atoms with van der Waals surface area (Å²) in [6.45, 7) is 1.07. The predicted octanol–water partition coefficient (Wildman–Crippen LogP) is 0.0926. The molecule has 2 atom stereocenters. The van der Waals surface area contributed by atoms with Crippen molar-refractivity contribution in [1.82, 2.24) is 24.6 Å². The highest BCUT2D eigenvalue weighted by Crippen LogP contribution is 2.27. The molecule has 0 radical (unpaired) electrons. The van der Waals surface area contributed by atoms with E-state index in [-0.39, 0.29) is 15.7 Å². The Kier molecular flexibility index (Phi) is 3.40. The lowest BCUT2D eigenvalue weighted by atomic mass is 10.1. The van der Waals surface area contributed by atoms with E-state index in [2.05, 4.69) is 31.6 Å². The molecule has 0 aliphatic carbocycles. The van der Waals surface area contributed by atoms with Crippen molar-refractivity contribution in [3.05, 3.63) is 4.60 Å². The molecule has 1 aromatic heterocycles. The predicted molar refractivity (Wildman–Crippen MR) is 72.0 cm³/mol. The summed E-state index contributed by atoms with van der Waals surface area (Å²) in [7, 11) is -1.95. The molecule has 19 heavy (non-hydrogen) atoms. The topological polar surface area (TPSA) is 80.1 Å². The van der Waals surface area contributed by atoms with Gasteiger partial charge in [0.1, 0.15) is 0 Å². The average molecular weight is 350 g/mol. The van der Waals surface area contributed by atoms with Crippen LogP contribution < -0.4 is 5.32 Å². The summed E-state index contributed by atoms with van der Waals surface area (Å²) in [5, 5.41) is 11.1. The number of aryl methyl sites for hydroxylation is 1. The smallest absolute Gasteiger partial charge is 0.263 e. The van der Waals surface area contributed by atoms with Crippen molar-refractivity contribution >= 4 is 26.0 Å². The Morgan fingerprint density at radius 1 is 1.32 bits per heavy atom. The second-order valence-electron chi connectivity index (χ2n) is 5.10. The molecule has 2 unspecified atom stereocenters. The maximum absolute atomic E-state index is 12.7. The van der Waals surface area contributed by atoms with Crippen molar-refractivity contribution in [2.24, 2.45) is 7.05 Å². The zero-order valence-electron chi connectivity index (χ0n) is 10.6. The van der Waals surface area contributed by atoms with Gasteiger partial charge in [0.25, 0.3) is 10.0 Å². The first-order valence-corrected chi connectivity index (χ1v) is 8.53. The van der Waals surface area contributed by atoms with Gasteiger partial charge in [-0.3, -0.25) is 0 Å². The van der Waals surface area contributed by atoms with Crippen molar-refractivity contribution in [2.45, 2.75) is 36.4 Å². The summed E-state index contributed by atoms with van der Waals surface area (Å²) in [5.74, 6) is 0. The van der Waals surface area contributed by atoms with Crippen molar-refractivity contribution < 1.29 is 8.42 Å². The molecule has 3 heterocycles. The number of sulfonamides is 1. The van der Waals surface area contributed by atoms with Gasteiger partial charge in [-0.2, -0.15) is 4.31 Å². The van der Waals surface area contributed by atoms with Crippen LogP contribution >= 0.6 is 15.9 Å². The molecule has 2 aliphatic rings. The largest absolute Gasteiger partial charge is 0.310 e. The normalized spacial score (nSPS) is 28.5. The second-order valence-corrected chi connectivity index (χ2v) is 7.70. The summed E-state index contributed by atoms with van der Waals surface area (Å²) in [6.07, 6.45) is 3.05. The number of nitrogens with zero attached hydrogens (tertiary/aromatic N) is 4. The van der Waals surface area contributed by atoms with Gasteiger partial charge in [0.05, 0.1) is 0 Å². The minimum absolute atomic E-state index is 0.130. The quantitative estimate of drug-likeness (QED) is 0.818. The summed E-state index contributed by atoms with van der Waals surface area (Å²) >= 11 is 3.16. The molecule has 0 amide bonds. The van der Waals surface area contributed by atoms with E-state index in [4.69, 9.17) is 0 Å². The number of fused-ring (bicyclic) bond motifs is 2. The summed E-state index contributed by atoms with van der Waals surface area (Å²) < 4.78 is 28.5. The van der Waals surface area contributed by atoms with Gasteiger partial charge in [-0.25, -0.2) is 13.1 Å². The number of halogens is 1. The molecule has 0 aromatic carbocycles. The van der Waals surface area contributed by atoms with E-state index in [1.807, 2.05) is 0 Å². The lowest BCUT2D eigenvalue weighted by Crippen LogP contribution is -2.39. The number of nitrogens with one attached hydrogen (secondary N) is 1. The van der Waals surface area contributed by atoms with Crippen LogP contribution in [0.1, 0.15) is 19.3 Å². The Balaban J connectivity index is 1.92. The molecule has 0 saturated carbocycles. The van der Waals surface area contributed by atoms with Crippen LogP contribution in [-0.2, 0) is 17.1 Å². The fraction of sp³-hybridized carbons (Fsp3) is 0.800. The first-order valence-electron chi connectivity index (χ1n) is 6.30. The van der Waals surface area contributed by atoms with Gasteiger partial charge in [0.2, 0.25) is 5.03 Å². The minimum atomic E-state index is -3.54. The first kappa shape index (κ1) is 13.5. The average Bonchev–Trinajstić information content (AvgIpc) is 2.81. The van der Waals surface area contributed by atoms with E-state index in [1.54, 1.807) is 11.4 Å². The number of rotatable bonds is 2. The maximum Gasteiger partial charge on any atom is 0.263 e. The van der Waals surface area contributed by atoms with Crippen LogP contribution in [0.2, 0.25) is 0 Å². The van der Waals surface area contributed by atoms with Crippen LogP contribution in [0, 0.1) is 0 Å². The SMILES string of the molecule is Cn1nnc(Br)c1S(=O)(=O)N1CCC2CCC(C1)N2. The van der Waals surface area contributed by atoms with E-state index in [0.29, 0.717) is 19.1 Å². The molecule has 106 valence electrons. The Morgan fingerprint density at radius 3 is 2.74 bits per heavy atom. The van der Waals surface area contributed by atoms with Crippen LogP contribution in [0.4, 0.5) is 0 Å². The van der Waals surface area contributed by atoms with Crippen LogP contribution in [-0.4, -0.2) is 52.9 Å².